The molecule has 3 atom stereocenters. The second kappa shape index (κ2) is 8.37. The number of morpholine rings is 1. The van der Waals surface area contributed by atoms with Crippen LogP contribution in [0.5, 0.6) is 0 Å². The van der Waals surface area contributed by atoms with E-state index in [1.165, 1.54) is 18.2 Å². The molecule has 0 aliphatic carbocycles. The highest BCUT2D eigenvalue weighted by atomic mass is 32.2. The Balaban J connectivity index is 1.87. The van der Waals surface area contributed by atoms with Crippen LogP contribution >= 0.6 is 11.3 Å². The summed E-state index contributed by atoms with van der Waals surface area (Å²) < 4.78 is 57.5. The van der Waals surface area contributed by atoms with Gasteiger partial charge in [0.25, 0.3) is 0 Å². The van der Waals surface area contributed by atoms with Gasteiger partial charge in [0.05, 0.1) is 24.4 Å². The summed E-state index contributed by atoms with van der Waals surface area (Å²) in [7, 11) is -3.85. The Morgan fingerprint density at radius 3 is 2.46 bits per heavy atom. The molecule has 1 aromatic heterocycles. The van der Waals surface area contributed by atoms with E-state index in [2.05, 4.69) is 10.3 Å². The monoisotopic (exact) mass is 432 g/mol. The van der Waals surface area contributed by atoms with Crippen LogP contribution in [0, 0.1) is 11.6 Å². The van der Waals surface area contributed by atoms with Gasteiger partial charge in [0, 0.05) is 25.2 Å². The molecule has 0 bridgehead atoms. The van der Waals surface area contributed by atoms with Crippen molar-refractivity contribution in [1.29, 1.82) is 0 Å². The summed E-state index contributed by atoms with van der Waals surface area (Å²) in [5, 5.41) is 8.39. The Hall–Kier alpha value is -1.66. The first-order valence-electron chi connectivity index (χ1n) is 8.71. The van der Waals surface area contributed by atoms with Crippen molar-refractivity contribution in [2.75, 3.05) is 25.0 Å². The van der Waals surface area contributed by atoms with Crippen molar-refractivity contribution in [3.05, 3.63) is 41.6 Å². The van der Waals surface area contributed by atoms with Gasteiger partial charge in [0.15, 0.2) is 9.34 Å². The van der Waals surface area contributed by atoms with Gasteiger partial charge >= 0.3 is 0 Å². The summed E-state index contributed by atoms with van der Waals surface area (Å²) in [6.45, 7) is 4.96. The van der Waals surface area contributed by atoms with E-state index >= 15 is 0 Å². The number of nitrogens with two attached hydrogens (primary N) is 1. The van der Waals surface area contributed by atoms with Crippen molar-refractivity contribution >= 4 is 26.5 Å². The molecule has 2 aromatic rings. The number of nitrogens with one attached hydrogen (secondary N) is 1. The van der Waals surface area contributed by atoms with Gasteiger partial charge in [-0.05, 0) is 26.0 Å². The highest BCUT2D eigenvalue weighted by Gasteiger charge is 2.32. The fraction of sp³-hybridized carbons (Fsp3) is 0.471. The normalized spacial score (nSPS) is 22.2. The smallest absolute Gasteiger partial charge is 0.249 e. The molecule has 3 N–H and O–H groups in total. The SMILES string of the molecule is CC1CN(C(CNc2ncc(S(N)(=O)=O)s2)c2c(F)cccc2F)CC(C)O1. The molecule has 1 aliphatic rings. The third kappa shape index (κ3) is 4.84. The van der Waals surface area contributed by atoms with Crippen LogP contribution in [0.25, 0.3) is 0 Å². The maximum absolute atomic E-state index is 14.5. The molecule has 7 nitrogen and oxygen atoms in total. The number of ether oxygens (including phenoxy) is 1. The molecule has 1 aromatic carbocycles. The number of halogens is 2. The third-order valence-electron chi connectivity index (χ3n) is 4.43. The lowest BCUT2D eigenvalue weighted by molar-refractivity contribution is -0.0801. The standard InChI is InChI=1S/C17H22F2N4O3S2/c1-10-8-23(9-11(2)26-10)14(16-12(18)4-3-5-13(16)19)6-21-17-22-7-15(27-17)28(20,24)25/h3-5,7,10-11,14H,6,8-9H2,1-2H3,(H,21,22)(H2,20,24,25). The van der Waals surface area contributed by atoms with Gasteiger partial charge in [0.1, 0.15) is 11.6 Å². The van der Waals surface area contributed by atoms with Crippen molar-refractivity contribution in [1.82, 2.24) is 9.88 Å². The molecule has 154 valence electrons. The van der Waals surface area contributed by atoms with E-state index in [-0.39, 0.29) is 28.5 Å². The van der Waals surface area contributed by atoms with E-state index in [0.717, 1.165) is 17.5 Å². The molecule has 11 heteroatoms. The summed E-state index contributed by atoms with van der Waals surface area (Å²) in [5.41, 5.74) is -0.0421. The van der Waals surface area contributed by atoms with Gasteiger partial charge in [-0.3, -0.25) is 4.90 Å². The third-order valence-corrected chi connectivity index (χ3v) is 6.80. The van der Waals surface area contributed by atoms with Gasteiger partial charge in [-0.15, -0.1) is 0 Å². The first-order valence-corrected chi connectivity index (χ1v) is 11.1. The van der Waals surface area contributed by atoms with Gasteiger partial charge < -0.3 is 10.1 Å². The summed E-state index contributed by atoms with van der Waals surface area (Å²) in [6.07, 6.45) is 0.977. The molecule has 1 aliphatic heterocycles. The minimum Gasteiger partial charge on any atom is -0.373 e. The number of nitrogens with zero attached hydrogens (tertiary/aromatic N) is 2. The number of hydrogen-bond donors (Lipinski definition) is 2. The highest BCUT2D eigenvalue weighted by molar-refractivity contribution is 7.91. The predicted octanol–water partition coefficient (Wildman–Crippen LogP) is 2.33. The maximum Gasteiger partial charge on any atom is 0.249 e. The van der Waals surface area contributed by atoms with Gasteiger partial charge in [-0.25, -0.2) is 27.3 Å². The van der Waals surface area contributed by atoms with Crippen LogP contribution < -0.4 is 10.5 Å². The van der Waals surface area contributed by atoms with Gasteiger partial charge in [-0.2, -0.15) is 0 Å². The zero-order valence-corrected chi connectivity index (χ0v) is 17.1. The zero-order chi connectivity index (χ0) is 20.5. The number of aromatic nitrogens is 1. The van der Waals surface area contributed by atoms with Crippen molar-refractivity contribution < 1.29 is 21.9 Å². The van der Waals surface area contributed by atoms with Crippen LogP contribution in [-0.2, 0) is 14.8 Å². The molecule has 3 rings (SSSR count). The van der Waals surface area contributed by atoms with Gasteiger partial charge in [-0.1, -0.05) is 17.4 Å². The van der Waals surface area contributed by atoms with Crippen LogP contribution in [-0.4, -0.2) is 50.1 Å². The average molecular weight is 433 g/mol. The largest absolute Gasteiger partial charge is 0.373 e. The van der Waals surface area contributed by atoms with E-state index < -0.39 is 27.7 Å². The lowest BCUT2D eigenvalue weighted by Gasteiger charge is -2.40. The molecule has 3 unspecified atom stereocenters. The fourth-order valence-corrected chi connectivity index (χ4v) is 4.83. The molecule has 1 saturated heterocycles. The quantitative estimate of drug-likeness (QED) is 0.727. The topological polar surface area (TPSA) is 97.5 Å². The van der Waals surface area contributed by atoms with Crippen LogP contribution in [0.2, 0.25) is 0 Å². The summed E-state index contributed by atoms with van der Waals surface area (Å²) in [6, 6.07) is 3.14. The lowest BCUT2D eigenvalue weighted by Crippen LogP contribution is -2.48. The van der Waals surface area contributed by atoms with Gasteiger partial charge in [0.2, 0.25) is 10.0 Å². The van der Waals surface area contributed by atoms with Crippen molar-refractivity contribution in [3.8, 4) is 0 Å². The molecular formula is C17H22F2N4O3S2. The van der Waals surface area contributed by atoms with Crippen molar-refractivity contribution in [3.63, 3.8) is 0 Å². The lowest BCUT2D eigenvalue weighted by atomic mass is 10.0. The minimum absolute atomic E-state index is 0.0421. The van der Waals surface area contributed by atoms with E-state index in [4.69, 9.17) is 9.88 Å². The Bertz CT molecular complexity index is 908. The van der Waals surface area contributed by atoms with Crippen LogP contribution in [0.15, 0.2) is 28.6 Å². The van der Waals surface area contributed by atoms with E-state index in [9.17, 15) is 17.2 Å². The second-order valence-corrected chi connectivity index (χ2v) is 9.59. The average Bonchev–Trinajstić information content (AvgIpc) is 3.06. The van der Waals surface area contributed by atoms with Crippen LogP contribution in [0.4, 0.5) is 13.9 Å². The Morgan fingerprint density at radius 2 is 1.93 bits per heavy atom. The molecule has 0 radical (unpaired) electrons. The molecular weight excluding hydrogens is 410 g/mol. The fourth-order valence-electron chi connectivity index (χ4n) is 3.37. The molecule has 0 saturated carbocycles. The summed E-state index contributed by atoms with van der Waals surface area (Å²) in [4.78, 5) is 5.95. The summed E-state index contributed by atoms with van der Waals surface area (Å²) >= 11 is 0.867. The Labute approximate surface area is 166 Å². The molecule has 1 fully saturated rings. The van der Waals surface area contributed by atoms with E-state index in [0.29, 0.717) is 18.2 Å². The second-order valence-electron chi connectivity index (χ2n) is 6.77. The molecule has 28 heavy (non-hydrogen) atoms. The Kier molecular flexibility index (Phi) is 6.30. The number of sulfonamides is 1. The first kappa shape index (κ1) is 21.1. The molecule has 2 heterocycles. The number of primary sulfonamides is 1. The summed E-state index contributed by atoms with van der Waals surface area (Å²) in [5.74, 6) is -1.27. The van der Waals surface area contributed by atoms with Crippen LogP contribution in [0.3, 0.4) is 0 Å². The highest BCUT2D eigenvalue weighted by Crippen LogP contribution is 2.30. The Morgan fingerprint density at radius 1 is 1.32 bits per heavy atom. The number of thiazole rings is 1. The minimum atomic E-state index is -3.85. The predicted molar refractivity (Wildman–Crippen MR) is 103 cm³/mol. The number of rotatable bonds is 6. The number of hydrogen-bond acceptors (Lipinski definition) is 7. The zero-order valence-electron chi connectivity index (χ0n) is 15.4. The molecule has 0 amide bonds. The first-order chi connectivity index (χ1) is 13.1. The maximum atomic E-state index is 14.5. The van der Waals surface area contributed by atoms with E-state index in [1.807, 2.05) is 18.7 Å². The van der Waals surface area contributed by atoms with Crippen molar-refractivity contribution in [2.24, 2.45) is 5.14 Å². The van der Waals surface area contributed by atoms with Crippen molar-refractivity contribution in [2.45, 2.75) is 36.3 Å². The van der Waals surface area contributed by atoms with Crippen LogP contribution in [0.1, 0.15) is 25.5 Å². The number of anilines is 1. The number of benzene rings is 1. The molecule has 0 spiro atoms. The van der Waals surface area contributed by atoms with E-state index in [1.54, 1.807) is 0 Å².